The average Bonchev–Trinajstić information content (AvgIpc) is 2.48. The van der Waals surface area contributed by atoms with Crippen LogP contribution in [0.2, 0.25) is 0 Å². The molecule has 0 aliphatic rings. The second-order valence-electron chi connectivity index (χ2n) is 5.16. The molecule has 0 saturated heterocycles. The zero-order valence-corrected chi connectivity index (χ0v) is 12.4. The van der Waals surface area contributed by atoms with E-state index in [4.69, 9.17) is 0 Å². The molecule has 19 heavy (non-hydrogen) atoms. The van der Waals surface area contributed by atoms with Gasteiger partial charge in [-0.25, -0.2) is 0 Å². The summed E-state index contributed by atoms with van der Waals surface area (Å²) in [6.45, 7) is 6.67. The number of aryl methyl sites for hydroxylation is 3. The SMILES string of the molecule is CCc1ccc(Cc2ccc(CC)cc2CC)cc1. The summed E-state index contributed by atoms with van der Waals surface area (Å²) in [6.07, 6.45) is 4.41. The van der Waals surface area contributed by atoms with Gasteiger partial charge in [-0.1, -0.05) is 63.2 Å². The summed E-state index contributed by atoms with van der Waals surface area (Å²) in [5.41, 5.74) is 7.25. The molecule has 2 rings (SSSR count). The van der Waals surface area contributed by atoms with Gasteiger partial charge < -0.3 is 0 Å². The molecule has 0 fully saturated rings. The topological polar surface area (TPSA) is 0 Å². The summed E-state index contributed by atoms with van der Waals surface area (Å²) in [6, 6.07) is 16.0. The normalized spacial score (nSPS) is 10.7. The fourth-order valence-corrected chi connectivity index (χ4v) is 2.51. The van der Waals surface area contributed by atoms with E-state index in [1.165, 1.54) is 27.8 Å². The smallest absolute Gasteiger partial charge is 0.00230 e. The Morgan fingerprint density at radius 3 is 1.74 bits per heavy atom. The van der Waals surface area contributed by atoms with Crippen LogP contribution in [0.5, 0.6) is 0 Å². The third-order valence-electron chi connectivity index (χ3n) is 3.89. The van der Waals surface area contributed by atoms with Gasteiger partial charge in [0.15, 0.2) is 0 Å². The number of benzene rings is 2. The molecule has 2 aromatic carbocycles. The van der Waals surface area contributed by atoms with E-state index in [0.29, 0.717) is 0 Å². The van der Waals surface area contributed by atoms with Gasteiger partial charge in [0.05, 0.1) is 0 Å². The molecule has 0 nitrogen and oxygen atoms in total. The molecule has 0 saturated carbocycles. The molecule has 0 unspecified atom stereocenters. The van der Waals surface area contributed by atoms with Crippen LogP contribution in [0.15, 0.2) is 42.5 Å². The van der Waals surface area contributed by atoms with Crippen LogP contribution in [0, 0.1) is 0 Å². The van der Waals surface area contributed by atoms with E-state index in [1.807, 2.05) is 0 Å². The number of hydrogen-bond acceptors (Lipinski definition) is 0. The van der Waals surface area contributed by atoms with Crippen LogP contribution in [0.3, 0.4) is 0 Å². The molecule has 0 spiro atoms. The van der Waals surface area contributed by atoms with E-state index < -0.39 is 0 Å². The lowest BCUT2D eigenvalue weighted by molar-refractivity contribution is 1.03. The lowest BCUT2D eigenvalue weighted by atomic mass is 9.95. The molecule has 0 amide bonds. The molecule has 0 aromatic heterocycles. The fraction of sp³-hybridized carbons (Fsp3) is 0.368. The minimum Gasteiger partial charge on any atom is -0.0613 e. The zero-order chi connectivity index (χ0) is 13.7. The molecular formula is C19H24. The molecule has 100 valence electrons. The lowest BCUT2D eigenvalue weighted by Crippen LogP contribution is -1.96. The highest BCUT2D eigenvalue weighted by atomic mass is 14.1. The Kier molecular flexibility index (Phi) is 4.79. The maximum Gasteiger partial charge on any atom is -0.00230 e. The van der Waals surface area contributed by atoms with Crippen LogP contribution < -0.4 is 0 Å². The summed E-state index contributed by atoms with van der Waals surface area (Å²) in [7, 11) is 0. The molecular weight excluding hydrogens is 228 g/mol. The standard InChI is InChI=1S/C19H24/c1-4-15-7-9-17(10-8-15)14-19-12-11-16(5-2)13-18(19)6-3/h7-13H,4-6,14H2,1-3H3. The van der Waals surface area contributed by atoms with Crippen molar-refractivity contribution in [1.82, 2.24) is 0 Å². The minimum absolute atomic E-state index is 1.05. The Hall–Kier alpha value is -1.56. The van der Waals surface area contributed by atoms with E-state index in [1.54, 1.807) is 0 Å². The van der Waals surface area contributed by atoms with Crippen LogP contribution >= 0.6 is 0 Å². The summed E-state index contributed by atoms with van der Waals surface area (Å²) < 4.78 is 0. The van der Waals surface area contributed by atoms with E-state index in [9.17, 15) is 0 Å². The van der Waals surface area contributed by atoms with E-state index >= 15 is 0 Å². The summed E-state index contributed by atoms with van der Waals surface area (Å²) >= 11 is 0. The van der Waals surface area contributed by atoms with Gasteiger partial charge in [0.25, 0.3) is 0 Å². The largest absolute Gasteiger partial charge is 0.0613 e. The Morgan fingerprint density at radius 2 is 1.16 bits per heavy atom. The molecule has 0 N–H and O–H groups in total. The van der Waals surface area contributed by atoms with E-state index in [2.05, 4.69) is 63.2 Å². The number of rotatable bonds is 5. The molecule has 0 heterocycles. The summed E-state index contributed by atoms with van der Waals surface area (Å²) in [5.74, 6) is 0. The van der Waals surface area contributed by atoms with Gasteiger partial charge in [0.2, 0.25) is 0 Å². The lowest BCUT2D eigenvalue weighted by Gasteiger charge is -2.10. The van der Waals surface area contributed by atoms with Crippen LogP contribution in [-0.2, 0) is 25.7 Å². The second kappa shape index (κ2) is 6.56. The monoisotopic (exact) mass is 252 g/mol. The van der Waals surface area contributed by atoms with Crippen molar-refractivity contribution in [3.05, 3.63) is 70.3 Å². The molecule has 0 aliphatic carbocycles. The number of hydrogen-bond donors (Lipinski definition) is 0. The van der Waals surface area contributed by atoms with Crippen molar-refractivity contribution in [2.24, 2.45) is 0 Å². The van der Waals surface area contributed by atoms with Gasteiger partial charge in [0, 0.05) is 0 Å². The highest BCUT2D eigenvalue weighted by Crippen LogP contribution is 2.18. The first-order chi connectivity index (χ1) is 9.26. The molecule has 0 heteroatoms. The van der Waals surface area contributed by atoms with Crippen molar-refractivity contribution in [3.8, 4) is 0 Å². The Balaban J connectivity index is 2.21. The van der Waals surface area contributed by atoms with Gasteiger partial charge in [0.1, 0.15) is 0 Å². The van der Waals surface area contributed by atoms with Gasteiger partial charge >= 0.3 is 0 Å². The third kappa shape index (κ3) is 3.47. The van der Waals surface area contributed by atoms with E-state index in [-0.39, 0.29) is 0 Å². The van der Waals surface area contributed by atoms with Crippen LogP contribution in [0.4, 0.5) is 0 Å². The highest BCUT2D eigenvalue weighted by Gasteiger charge is 2.03. The van der Waals surface area contributed by atoms with Crippen LogP contribution in [-0.4, -0.2) is 0 Å². The first kappa shape index (κ1) is 13.9. The maximum atomic E-state index is 2.37. The molecule has 0 aliphatic heterocycles. The van der Waals surface area contributed by atoms with Gasteiger partial charge in [-0.05, 0) is 53.5 Å². The van der Waals surface area contributed by atoms with Crippen molar-refractivity contribution in [1.29, 1.82) is 0 Å². The van der Waals surface area contributed by atoms with Gasteiger partial charge in [-0.2, -0.15) is 0 Å². The van der Waals surface area contributed by atoms with Crippen molar-refractivity contribution in [2.45, 2.75) is 46.5 Å². The Morgan fingerprint density at radius 1 is 0.579 bits per heavy atom. The maximum absolute atomic E-state index is 2.37. The Bertz CT molecular complexity index is 520. The molecule has 0 atom stereocenters. The van der Waals surface area contributed by atoms with Gasteiger partial charge in [-0.15, -0.1) is 0 Å². The fourth-order valence-electron chi connectivity index (χ4n) is 2.51. The molecule has 2 aromatic rings. The van der Waals surface area contributed by atoms with Crippen molar-refractivity contribution < 1.29 is 0 Å². The van der Waals surface area contributed by atoms with Crippen molar-refractivity contribution in [2.75, 3.05) is 0 Å². The highest BCUT2D eigenvalue weighted by molar-refractivity contribution is 5.36. The predicted octanol–water partition coefficient (Wildman–Crippen LogP) is 4.96. The van der Waals surface area contributed by atoms with Crippen molar-refractivity contribution >= 4 is 0 Å². The predicted molar refractivity (Wildman–Crippen MR) is 83.8 cm³/mol. The third-order valence-corrected chi connectivity index (χ3v) is 3.89. The molecule has 0 radical (unpaired) electrons. The minimum atomic E-state index is 1.05. The van der Waals surface area contributed by atoms with E-state index in [0.717, 1.165) is 25.7 Å². The summed E-state index contributed by atoms with van der Waals surface area (Å²) in [5, 5.41) is 0. The van der Waals surface area contributed by atoms with Crippen LogP contribution in [0.1, 0.15) is 48.6 Å². The second-order valence-corrected chi connectivity index (χ2v) is 5.16. The van der Waals surface area contributed by atoms with Gasteiger partial charge in [-0.3, -0.25) is 0 Å². The quantitative estimate of drug-likeness (QED) is 0.705. The average molecular weight is 252 g/mol. The van der Waals surface area contributed by atoms with Crippen molar-refractivity contribution in [3.63, 3.8) is 0 Å². The first-order valence-electron chi connectivity index (χ1n) is 7.45. The Labute approximate surface area is 117 Å². The molecule has 0 bridgehead atoms. The first-order valence-corrected chi connectivity index (χ1v) is 7.45. The zero-order valence-electron chi connectivity index (χ0n) is 12.4. The summed E-state index contributed by atoms with van der Waals surface area (Å²) in [4.78, 5) is 0. The van der Waals surface area contributed by atoms with Crippen LogP contribution in [0.25, 0.3) is 0 Å².